The summed E-state index contributed by atoms with van der Waals surface area (Å²) < 4.78 is 1.64. The maximum atomic E-state index is 12.7. The Kier molecular flexibility index (Phi) is 5.25. The molecule has 2 heterocycles. The van der Waals surface area contributed by atoms with Crippen LogP contribution in [-0.4, -0.2) is 40.1 Å². The molecule has 0 saturated heterocycles. The second-order valence-electron chi connectivity index (χ2n) is 7.47. The predicted molar refractivity (Wildman–Crippen MR) is 111 cm³/mol. The predicted octanol–water partition coefficient (Wildman–Crippen LogP) is 2.94. The van der Waals surface area contributed by atoms with Crippen LogP contribution in [0.4, 0.5) is 11.5 Å². The van der Waals surface area contributed by atoms with Crippen LogP contribution in [0.1, 0.15) is 36.0 Å². The monoisotopic (exact) mass is 378 g/mol. The van der Waals surface area contributed by atoms with Crippen molar-refractivity contribution in [2.75, 3.05) is 23.8 Å². The molecule has 1 fully saturated rings. The lowest BCUT2D eigenvalue weighted by Gasteiger charge is -2.35. The Morgan fingerprint density at radius 1 is 1.29 bits per heavy atom. The van der Waals surface area contributed by atoms with Gasteiger partial charge in [0.25, 0.3) is 5.91 Å². The first-order valence-corrected chi connectivity index (χ1v) is 9.79. The van der Waals surface area contributed by atoms with Crippen molar-refractivity contribution in [3.63, 3.8) is 0 Å². The minimum absolute atomic E-state index is 0.214. The first-order chi connectivity index (χ1) is 13.7. The lowest BCUT2D eigenvalue weighted by Crippen LogP contribution is -2.38. The van der Waals surface area contributed by atoms with Crippen LogP contribution in [0, 0.1) is 5.92 Å². The molecule has 0 radical (unpaired) electrons. The molecule has 0 spiro atoms. The number of benzene rings is 1. The molecule has 1 amide bonds. The van der Waals surface area contributed by atoms with E-state index in [1.807, 2.05) is 42.6 Å². The molecule has 7 heteroatoms. The molecule has 7 nitrogen and oxygen atoms in total. The van der Waals surface area contributed by atoms with E-state index >= 15 is 0 Å². The second-order valence-corrected chi connectivity index (χ2v) is 7.47. The lowest BCUT2D eigenvalue weighted by molar-refractivity contribution is 0.102. The largest absolute Gasteiger partial charge is 0.357 e. The molecule has 3 N–H and O–H groups in total. The van der Waals surface area contributed by atoms with Crippen molar-refractivity contribution in [3.05, 3.63) is 54.4 Å². The third kappa shape index (κ3) is 3.71. The molecule has 4 rings (SSSR count). The molecule has 0 bridgehead atoms. The number of carbonyl (C=O) groups is 1. The minimum Gasteiger partial charge on any atom is -0.357 e. The number of fused-ring (bicyclic) bond motifs is 1. The number of nitrogens with two attached hydrogens (primary N) is 1. The highest BCUT2D eigenvalue weighted by molar-refractivity contribution is 6.08. The molecule has 1 aliphatic rings. The van der Waals surface area contributed by atoms with Gasteiger partial charge in [-0.25, -0.2) is 9.50 Å². The molecule has 2 unspecified atom stereocenters. The average Bonchev–Trinajstić information content (AvgIpc) is 3.17. The quantitative estimate of drug-likeness (QED) is 0.713. The van der Waals surface area contributed by atoms with Crippen LogP contribution in [-0.2, 0) is 0 Å². The molecule has 0 aliphatic heterocycles. The van der Waals surface area contributed by atoms with Crippen molar-refractivity contribution < 1.29 is 4.79 Å². The van der Waals surface area contributed by atoms with Gasteiger partial charge in [0.2, 0.25) is 0 Å². The molecule has 2 aromatic heterocycles. The van der Waals surface area contributed by atoms with E-state index in [1.54, 1.807) is 10.7 Å². The fraction of sp³-hybridized carbons (Fsp3) is 0.381. The maximum Gasteiger partial charge on any atom is 0.261 e. The summed E-state index contributed by atoms with van der Waals surface area (Å²) in [5, 5.41) is 7.18. The molecule has 146 valence electrons. The van der Waals surface area contributed by atoms with Gasteiger partial charge < -0.3 is 16.0 Å². The van der Waals surface area contributed by atoms with Gasteiger partial charge in [0.1, 0.15) is 11.4 Å². The normalized spacial score (nSPS) is 19.5. The van der Waals surface area contributed by atoms with Crippen LogP contribution in [0.25, 0.3) is 5.65 Å². The lowest BCUT2D eigenvalue weighted by atomic mass is 9.85. The zero-order valence-electron chi connectivity index (χ0n) is 16.1. The SMILES string of the molecule is CN(c1ccn2ncc(C(=O)Nc3ccccc3)c2n1)C1CCCC(CN)C1. The van der Waals surface area contributed by atoms with Crippen molar-refractivity contribution in [2.24, 2.45) is 11.7 Å². The van der Waals surface area contributed by atoms with E-state index < -0.39 is 0 Å². The molecule has 1 aliphatic carbocycles. The number of carbonyl (C=O) groups excluding carboxylic acids is 1. The number of aromatic nitrogens is 3. The number of hydrogen-bond acceptors (Lipinski definition) is 5. The van der Waals surface area contributed by atoms with Crippen LogP contribution in [0.2, 0.25) is 0 Å². The number of nitrogens with zero attached hydrogens (tertiary/aromatic N) is 4. The van der Waals surface area contributed by atoms with Crippen molar-refractivity contribution in [1.29, 1.82) is 0 Å². The van der Waals surface area contributed by atoms with E-state index in [-0.39, 0.29) is 5.91 Å². The van der Waals surface area contributed by atoms with Gasteiger partial charge in [-0.1, -0.05) is 24.6 Å². The van der Waals surface area contributed by atoms with Gasteiger partial charge in [-0.3, -0.25) is 4.79 Å². The number of rotatable bonds is 5. The highest BCUT2D eigenvalue weighted by atomic mass is 16.1. The van der Waals surface area contributed by atoms with E-state index in [4.69, 9.17) is 10.7 Å². The molecular weight excluding hydrogens is 352 g/mol. The van der Waals surface area contributed by atoms with E-state index in [9.17, 15) is 4.79 Å². The Morgan fingerprint density at radius 2 is 2.11 bits per heavy atom. The van der Waals surface area contributed by atoms with Crippen LogP contribution in [0.15, 0.2) is 48.8 Å². The summed E-state index contributed by atoms with van der Waals surface area (Å²) in [7, 11) is 2.07. The zero-order valence-corrected chi connectivity index (χ0v) is 16.1. The number of amides is 1. The first kappa shape index (κ1) is 18.4. The molecule has 28 heavy (non-hydrogen) atoms. The Labute approximate surface area is 164 Å². The third-order valence-corrected chi connectivity index (χ3v) is 5.63. The van der Waals surface area contributed by atoms with Gasteiger partial charge in [0, 0.05) is 25.0 Å². The summed E-state index contributed by atoms with van der Waals surface area (Å²) in [6.45, 7) is 0.739. The average molecular weight is 378 g/mol. The standard InChI is InChI=1S/C21H26N6O/c1-26(17-9-5-6-15(12-17)13-22)19-10-11-27-20(25-19)18(14-23-27)21(28)24-16-7-3-2-4-8-16/h2-4,7-8,10-11,14-15,17H,5-6,9,12-13,22H2,1H3,(H,24,28). The van der Waals surface area contributed by atoms with Crippen molar-refractivity contribution >= 4 is 23.1 Å². The molecule has 1 saturated carbocycles. The topological polar surface area (TPSA) is 88.5 Å². The Balaban J connectivity index is 1.58. The molecular formula is C21H26N6O. The van der Waals surface area contributed by atoms with Crippen LogP contribution < -0.4 is 16.0 Å². The fourth-order valence-corrected chi connectivity index (χ4v) is 3.95. The first-order valence-electron chi connectivity index (χ1n) is 9.79. The van der Waals surface area contributed by atoms with Gasteiger partial charge in [-0.05, 0) is 49.9 Å². The summed E-state index contributed by atoms with van der Waals surface area (Å²) in [5.74, 6) is 1.21. The summed E-state index contributed by atoms with van der Waals surface area (Å²) in [4.78, 5) is 19.7. The van der Waals surface area contributed by atoms with Crippen LogP contribution in [0.3, 0.4) is 0 Å². The zero-order chi connectivity index (χ0) is 19.5. The number of anilines is 2. The second kappa shape index (κ2) is 7.98. The van der Waals surface area contributed by atoms with Gasteiger partial charge in [0.15, 0.2) is 5.65 Å². The van der Waals surface area contributed by atoms with Crippen LogP contribution >= 0.6 is 0 Å². The Bertz CT molecular complexity index is 954. The third-order valence-electron chi connectivity index (χ3n) is 5.63. The van der Waals surface area contributed by atoms with E-state index in [0.29, 0.717) is 23.2 Å². The number of para-hydroxylation sites is 1. The van der Waals surface area contributed by atoms with E-state index in [0.717, 1.165) is 30.9 Å². The highest BCUT2D eigenvalue weighted by Crippen LogP contribution is 2.29. The summed E-state index contributed by atoms with van der Waals surface area (Å²) >= 11 is 0. The molecule has 1 aromatic carbocycles. The van der Waals surface area contributed by atoms with Crippen molar-refractivity contribution in [3.8, 4) is 0 Å². The summed E-state index contributed by atoms with van der Waals surface area (Å²) in [5.41, 5.74) is 7.66. The summed E-state index contributed by atoms with van der Waals surface area (Å²) in [6, 6.07) is 11.8. The van der Waals surface area contributed by atoms with Gasteiger partial charge in [0.05, 0.1) is 6.20 Å². The van der Waals surface area contributed by atoms with E-state index in [2.05, 4.69) is 22.4 Å². The Hall–Kier alpha value is -2.93. The molecule has 3 aromatic rings. The highest BCUT2D eigenvalue weighted by Gasteiger charge is 2.25. The van der Waals surface area contributed by atoms with Crippen molar-refractivity contribution in [2.45, 2.75) is 31.7 Å². The number of nitrogens with one attached hydrogen (secondary N) is 1. The van der Waals surface area contributed by atoms with Gasteiger partial charge in [-0.2, -0.15) is 5.10 Å². The fourth-order valence-electron chi connectivity index (χ4n) is 3.95. The minimum atomic E-state index is -0.214. The van der Waals surface area contributed by atoms with Crippen molar-refractivity contribution in [1.82, 2.24) is 14.6 Å². The van der Waals surface area contributed by atoms with Crippen LogP contribution in [0.5, 0.6) is 0 Å². The van der Waals surface area contributed by atoms with E-state index in [1.165, 1.54) is 12.8 Å². The van der Waals surface area contributed by atoms with Gasteiger partial charge in [-0.15, -0.1) is 0 Å². The van der Waals surface area contributed by atoms with Gasteiger partial charge >= 0.3 is 0 Å². The smallest absolute Gasteiger partial charge is 0.261 e. The Morgan fingerprint density at radius 3 is 2.89 bits per heavy atom. The number of hydrogen-bond donors (Lipinski definition) is 2. The maximum absolute atomic E-state index is 12.7. The molecule has 2 atom stereocenters. The summed E-state index contributed by atoms with van der Waals surface area (Å²) in [6.07, 6.45) is 8.05.